The molecule has 0 bridgehead atoms. The SMILES string of the molecule is CC(C)Oc1ccc(CCCNc2ccc(CNCCCP(=O)(O)O)cc2-c2ccoc2)cc1Cl. The molecule has 0 saturated heterocycles. The zero-order chi connectivity index (χ0) is 25.3. The fourth-order valence-electron chi connectivity index (χ4n) is 3.72. The zero-order valence-corrected chi connectivity index (χ0v) is 21.8. The summed E-state index contributed by atoms with van der Waals surface area (Å²) in [6.07, 6.45) is 5.62. The first-order chi connectivity index (χ1) is 16.7. The van der Waals surface area contributed by atoms with E-state index in [-0.39, 0.29) is 12.3 Å². The van der Waals surface area contributed by atoms with Crippen LogP contribution in [-0.4, -0.2) is 35.1 Å². The van der Waals surface area contributed by atoms with Crippen molar-refractivity contribution in [2.24, 2.45) is 0 Å². The summed E-state index contributed by atoms with van der Waals surface area (Å²) >= 11 is 6.36. The highest BCUT2D eigenvalue weighted by Crippen LogP contribution is 2.34. The van der Waals surface area contributed by atoms with Gasteiger partial charge >= 0.3 is 7.60 Å². The van der Waals surface area contributed by atoms with E-state index in [2.05, 4.69) is 34.9 Å². The number of furan rings is 1. The third-order valence-corrected chi connectivity index (χ3v) is 6.56. The lowest BCUT2D eigenvalue weighted by molar-refractivity contribution is 0.242. The first-order valence-corrected chi connectivity index (χ1v) is 14.0. The minimum absolute atomic E-state index is 0.0852. The summed E-state index contributed by atoms with van der Waals surface area (Å²) in [7, 11) is -3.94. The second-order valence-electron chi connectivity index (χ2n) is 8.77. The molecule has 3 rings (SSSR count). The average Bonchev–Trinajstić information content (AvgIpc) is 3.32. The van der Waals surface area contributed by atoms with Gasteiger partial charge in [-0.3, -0.25) is 4.57 Å². The van der Waals surface area contributed by atoms with Gasteiger partial charge in [0.15, 0.2) is 0 Å². The van der Waals surface area contributed by atoms with Gasteiger partial charge in [0.25, 0.3) is 0 Å². The maximum atomic E-state index is 11.0. The molecule has 0 unspecified atom stereocenters. The first kappa shape index (κ1) is 27.3. The van der Waals surface area contributed by atoms with Crippen molar-refractivity contribution in [3.63, 3.8) is 0 Å². The van der Waals surface area contributed by atoms with Crippen LogP contribution in [0.5, 0.6) is 5.75 Å². The van der Waals surface area contributed by atoms with Crippen molar-refractivity contribution < 1.29 is 23.5 Å². The van der Waals surface area contributed by atoms with Crippen LogP contribution in [0.4, 0.5) is 5.69 Å². The van der Waals surface area contributed by atoms with Gasteiger partial charge in [0, 0.05) is 29.9 Å². The predicted octanol–water partition coefficient (Wildman–Crippen LogP) is 6.09. The molecule has 0 radical (unpaired) electrons. The van der Waals surface area contributed by atoms with E-state index in [1.807, 2.05) is 32.0 Å². The van der Waals surface area contributed by atoms with Gasteiger partial charge in [-0.05, 0) is 81.1 Å². The Bertz CT molecular complexity index is 1110. The standard InChI is InChI=1S/C26H34ClN2O5P/c1-19(2)34-26-9-7-20(16-24(26)27)5-3-12-29-25-8-6-21(15-23(25)22-10-13-33-18-22)17-28-11-4-14-35(30,31)32/h6-10,13,15-16,18-19,28-29H,3-5,11-12,14,17H2,1-2H3,(H2,30,31,32). The molecule has 0 saturated carbocycles. The number of hydrogen-bond donors (Lipinski definition) is 4. The molecule has 7 nitrogen and oxygen atoms in total. The molecule has 190 valence electrons. The average molecular weight is 521 g/mol. The molecule has 0 fully saturated rings. The molecule has 35 heavy (non-hydrogen) atoms. The minimum atomic E-state index is -3.94. The van der Waals surface area contributed by atoms with Crippen molar-refractivity contribution in [2.45, 2.75) is 45.8 Å². The van der Waals surface area contributed by atoms with Gasteiger partial charge in [-0.25, -0.2) is 0 Å². The van der Waals surface area contributed by atoms with E-state index in [9.17, 15) is 4.57 Å². The van der Waals surface area contributed by atoms with Crippen molar-refractivity contribution >= 4 is 24.9 Å². The van der Waals surface area contributed by atoms with Crippen LogP contribution in [0.2, 0.25) is 5.02 Å². The maximum absolute atomic E-state index is 11.0. The highest BCUT2D eigenvalue weighted by atomic mass is 35.5. The second kappa shape index (κ2) is 13.1. The molecule has 2 aromatic carbocycles. The number of ether oxygens (including phenoxy) is 1. The molecule has 1 heterocycles. The van der Waals surface area contributed by atoms with Gasteiger partial charge in [0.05, 0.1) is 29.8 Å². The maximum Gasteiger partial charge on any atom is 0.325 e. The largest absolute Gasteiger partial charge is 0.489 e. The number of anilines is 1. The van der Waals surface area contributed by atoms with Gasteiger partial charge in [-0.1, -0.05) is 23.7 Å². The molecule has 0 aliphatic heterocycles. The summed E-state index contributed by atoms with van der Waals surface area (Å²) < 4.78 is 22.0. The van der Waals surface area contributed by atoms with Crippen LogP contribution in [-0.2, 0) is 17.5 Å². The van der Waals surface area contributed by atoms with Crippen LogP contribution < -0.4 is 15.4 Å². The summed E-state index contributed by atoms with van der Waals surface area (Å²) in [5, 5.41) is 7.42. The quantitative estimate of drug-likeness (QED) is 0.151. The van der Waals surface area contributed by atoms with Gasteiger partial charge in [-0.15, -0.1) is 0 Å². The topological polar surface area (TPSA) is 104 Å². The van der Waals surface area contributed by atoms with E-state index in [1.54, 1.807) is 12.5 Å². The van der Waals surface area contributed by atoms with E-state index < -0.39 is 7.60 Å². The predicted molar refractivity (Wildman–Crippen MR) is 141 cm³/mol. The number of rotatable bonds is 14. The fourth-order valence-corrected chi connectivity index (χ4v) is 4.54. The molecule has 0 aliphatic carbocycles. The van der Waals surface area contributed by atoms with Gasteiger partial charge in [0.2, 0.25) is 0 Å². The van der Waals surface area contributed by atoms with Crippen molar-refractivity contribution in [1.82, 2.24) is 5.32 Å². The molecule has 0 spiro atoms. The lowest BCUT2D eigenvalue weighted by Gasteiger charge is -2.14. The fraction of sp³-hybridized carbons (Fsp3) is 0.385. The third kappa shape index (κ3) is 9.36. The Labute approximate surface area is 212 Å². The molecule has 1 aromatic heterocycles. The van der Waals surface area contributed by atoms with E-state index in [1.165, 1.54) is 5.56 Å². The summed E-state index contributed by atoms with van der Waals surface area (Å²) in [6, 6.07) is 14.1. The van der Waals surface area contributed by atoms with Crippen molar-refractivity contribution in [3.05, 3.63) is 71.1 Å². The van der Waals surface area contributed by atoms with Crippen LogP contribution in [0.3, 0.4) is 0 Å². The second-order valence-corrected chi connectivity index (χ2v) is 11.0. The molecule has 3 aromatic rings. The van der Waals surface area contributed by atoms with Gasteiger partial charge in [-0.2, -0.15) is 0 Å². The van der Waals surface area contributed by atoms with Crippen LogP contribution in [0, 0.1) is 0 Å². The van der Waals surface area contributed by atoms with Crippen LogP contribution in [0.15, 0.2) is 59.4 Å². The summed E-state index contributed by atoms with van der Waals surface area (Å²) in [5.74, 6) is 0.713. The summed E-state index contributed by atoms with van der Waals surface area (Å²) in [6.45, 7) is 5.91. The number of benzene rings is 2. The van der Waals surface area contributed by atoms with E-state index in [4.69, 9.17) is 30.5 Å². The zero-order valence-electron chi connectivity index (χ0n) is 20.2. The van der Waals surface area contributed by atoms with Crippen LogP contribution >= 0.6 is 19.2 Å². The smallest absolute Gasteiger partial charge is 0.325 e. The van der Waals surface area contributed by atoms with Crippen LogP contribution in [0.1, 0.15) is 37.8 Å². The molecular formula is C26H34ClN2O5P. The Morgan fingerprint density at radius 2 is 1.86 bits per heavy atom. The number of aryl methyl sites for hydroxylation is 1. The Balaban J connectivity index is 1.55. The number of halogens is 1. The van der Waals surface area contributed by atoms with E-state index >= 15 is 0 Å². The molecule has 0 atom stereocenters. The lowest BCUT2D eigenvalue weighted by atomic mass is 10.0. The monoisotopic (exact) mass is 520 g/mol. The van der Waals surface area contributed by atoms with Gasteiger partial charge < -0.3 is 29.6 Å². The Morgan fingerprint density at radius 1 is 1.06 bits per heavy atom. The summed E-state index contributed by atoms with van der Waals surface area (Å²) in [4.78, 5) is 17.9. The Morgan fingerprint density at radius 3 is 2.54 bits per heavy atom. The lowest BCUT2D eigenvalue weighted by Crippen LogP contribution is -2.16. The molecule has 9 heteroatoms. The first-order valence-electron chi connectivity index (χ1n) is 11.8. The third-order valence-electron chi connectivity index (χ3n) is 5.36. The van der Waals surface area contributed by atoms with Crippen LogP contribution in [0.25, 0.3) is 11.1 Å². The molecule has 4 N–H and O–H groups in total. The Kier molecular flexibility index (Phi) is 10.3. The number of hydrogen-bond acceptors (Lipinski definition) is 5. The Hall–Kier alpha value is -2.28. The van der Waals surface area contributed by atoms with Gasteiger partial charge in [0.1, 0.15) is 5.75 Å². The van der Waals surface area contributed by atoms with E-state index in [0.717, 1.165) is 41.8 Å². The van der Waals surface area contributed by atoms with Crippen molar-refractivity contribution in [3.8, 4) is 16.9 Å². The number of nitrogens with one attached hydrogen (secondary N) is 2. The van der Waals surface area contributed by atoms with E-state index in [0.29, 0.717) is 30.3 Å². The normalized spacial score (nSPS) is 11.7. The molecule has 0 amide bonds. The highest BCUT2D eigenvalue weighted by Gasteiger charge is 2.12. The minimum Gasteiger partial charge on any atom is -0.489 e. The van der Waals surface area contributed by atoms with Crippen molar-refractivity contribution in [1.29, 1.82) is 0 Å². The highest BCUT2D eigenvalue weighted by molar-refractivity contribution is 7.51. The molecule has 0 aliphatic rings. The van der Waals surface area contributed by atoms with Crippen molar-refractivity contribution in [2.75, 3.05) is 24.6 Å². The summed E-state index contributed by atoms with van der Waals surface area (Å²) in [5.41, 5.74) is 5.31. The molecular weight excluding hydrogens is 487 g/mol.